The van der Waals surface area contributed by atoms with Crippen molar-refractivity contribution < 1.29 is 0 Å². The van der Waals surface area contributed by atoms with E-state index in [0.717, 1.165) is 22.1 Å². The fourth-order valence-electron chi connectivity index (χ4n) is 9.53. The van der Waals surface area contributed by atoms with E-state index < -0.39 is 5.41 Å². The molecule has 55 heavy (non-hydrogen) atoms. The van der Waals surface area contributed by atoms with Gasteiger partial charge in [-0.2, -0.15) is 0 Å². The summed E-state index contributed by atoms with van der Waals surface area (Å²) in [6.45, 7) is 0. The van der Waals surface area contributed by atoms with E-state index in [0.29, 0.717) is 17.5 Å². The molecule has 1 spiro atoms. The van der Waals surface area contributed by atoms with Crippen LogP contribution in [0.1, 0.15) is 22.3 Å². The van der Waals surface area contributed by atoms with E-state index in [-0.39, 0.29) is 0 Å². The molecule has 9 aromatic carbocycles. The van der Waals surface area contributed by atoms with Crippen LogP contribution >= 0.6 is 0 Å². The Balaban J connectivity index is 1.12. The number of benzene rings is 9. The van der Waals surface area contributed by atoms with Crippen molar-refractivity contribution >= 4 is 32.3 Å². The minimum Gasteiger partial charge on any atom is -0.208 e. The molecule has 0 atom stereocenters. The lowest BCUT2D eigenvalue weighted by molar-refractivity contribution is 0.795. The molecule has 12 rings (SSSR count). The standard InChI is InChI=1S/C52H31N3/c1-2-15-35(16-3-1)49-53-50(37-23-22-32-12-4-5-17-36(32)30-37)55-51(54-49)38-26-27-44-42(31-38)41-20-10-11-21-43(41)52(44)45-28-24-33-13-6-8-18-39(33)47(45)48-40-19-9-7-14-34(40)25-29-46(48)52/h1-31H. The van der Waals surface area contributed by atoms with Gasteiger partial charge in [-0.15, -0.1) is 0 Å². The average molecular weight is 698 g/mol. The molecule has 0 saturated carbocycles. The van der Waals surface area contributed by atoms with Crippen molar-refractivity contribution in [3.63, 3.8) is 0 Å². The van der Waals surface area contributed by atoms with Gasteiger partial charge in [0, 0.05) is 16.7 Å². The molecule has 254 valence electrons. The molecule has 3 heteroatoms. The molecule has 3 nitrogen and oxygen atoms in total. The minimum atomic E-state index is -0.478. The van der Waals surface area contributed by atoms with E-state index in [1.54, 1.807) is 0 Å². The number of aromatic nitrogens is 3. The van der Waals surface area contributed by atoms with Gasteiger partial charge in [0.1, 0.15) is 0 Å². The second-order valence-electron chi connectivity index (χ2n) is 14.7. The van der Waals surface area contributed by atoms with Crippen LogP contribution in [0.5, 0.6) is 0 Å². The van der Waals surface area contributed by atoms with Crippen molar-refractivity contribution in [1.82, 2.24) is 15.0 Å². The molecule has 2 aliphatic rings. The lowest BCUT2D eigenvalue weighted by atomic mass is 9.70. The lowest BCUT2D eigenvalue weighted by Crippen LogP contribution is -2.25. The number of fused-ring (bicyclic) bond motifs is 15. The predicted molar refractivity (Wildman–Crippen MR) is 225 cm³/mol. The highest BCUT2D eigenvalue weighted by molar-refractivity contribution is 6.13. The Kier molecular flexibility index (Phi) is 6.26. The normalized spacial score (nSPS) is 13.2. The molecule has 0 unspecified atom stereocenters. The zero-order valence-electron chi connectivity index (χ0n) is 29.7. The van der Waals surface area contributed by atoms with E-state index in [1.165, 1.54) is 71.4 Å². The Bertz CT molecular complexity index is 3130. The Morgan fingerprint density at radius 3 is 1.45 bits per heavy atom. The summed E-state index contributed by atoms with van der Waals surface area (Å²) in [6, 6.07) is 68.0. The highest BCUT2D eigenvalue weighted by atomic mass is 15.0. The molecule has 0 fully saturated rings. The topological polar surface area (TPSA) is 38.7 Å². The third kappa shape index (κ3) is 4.24. The van der Waals surface area contributed by atoms with Crippen molar-refractivity contribution in [3.05, 3.63) is 210 Å². The summed E-state index contributed by atoms with van der Waals surface area (Å²) in [4.78, 5) is 15.4. The molecule has 0 bridgehead atoms. The highest BCUT2D eigenvalue weighted by Gasteiger charge is 2.52. The molecule has 10 aromatic rings. The van der Waals surface area contributed by atoms with Crippen LogP contribution in [0.4, 0.5) is 0 Å². The van der Waals surface area contributed by atoms with Crippen LogP contribution in [-0.2, 0) is 5.41 Å². The third-order valence-electron chi connectivity index (χ3n) is 11.9. The van der Waals surface area contributed by atoms with Crippen LogP contribution in [0.25, 0.3) is 88.7 Å². The Morgan fingerprint density at radius 1 is 0.291 bits per heavy atom. The largest absolute Gasteiger partial charge is 0.208 e. The van der Waals surface area contributed by atoms with E-state index in [4.69, 9.17) is 15.0 Å². The Labute approximate surface area is 318 Å². The summed E-state index contributed by atoms with van der Waals surface area (Å²) >= 11 is 0. The van der Waals surface area contributed by atoms with Crippen molar-refractivity contribution in [3.8, 4) is 56.4 Å². The zero-order valence-corrected chi connectivity index (χ0v) is 29.7. The first-order valence-electron chi connectivity index (χ1n) is 18.9. The fourth-order valence-corrected chi connectivity index (χ4v) is 9.53. The van der Waals surface area contributed by atoms with Gasteiger partial charge in [0.25, 0.3) is 0 Å². The quantitative estimate of drug-likeness (QED) is 0.184. The monoisotopic (exact) mass is 697 g/mol. The second-order valence-corrected chi connectivity index (χ2v) is 14.7. The van der Waals surface area contributed by atoms with Gasteiger partial charge in [0.05, 0.1) is 5.41 Å². The third-order valence-corrected chi connectivity index (χ3v) is 11.9. The van der Waals surface area contributed by atoms with E-state index in [9.17, 15) is 0 Å². The lowest BCUT2D eigenvalue weighted by Gasteiger charge is -2.30. The van der Waals surface area contributed by atoms with Crippen molar-refractivity contribution in [1.29, 1.82) is 0 Å². The summed E-state index contributed by atoms with van der Waals surface area (Å²) in [7, 11) is 0. The van der Waals surface area contributed by atoms with Gasteiger partial charge in [0.2, 0.25) is 0 Å². The smallest absolute Gasteiger partial charge is 0.164 e. The van der Waals surface area contributed by atoms with Crippen LogP contribution in [0.15, 0.2) is 188 Å². The van der Waals surface area contributed by atoms with Crippen LogP contribution in [-0.4, -0.2) is 15.0 Å². The summed E-state index contributed by atoms with van der Waals surface area (Å²) < 4.78 is 0. The molecular weight excluding hydrogens is 667 g/mol. The van der Waals surface area contributed by atoms with Gasteiger partial charge < -0.3 is 0 Å². The average Bonchev–Trinajstić information content (AvgIpc) is 3.74. The second kappa shape index (κ2) is 11.4. The van der Waals surface area contributed by atoms with Gasteiger partial charge in [-0.3, -0.25) is 0 Å². The van der Waals surface area contributed by atoms with Gasteiger partial charge >= 0.3 is 0 Å². The van der Waals surface area contributed by atoms with E-state index in [2.05, 4.69) is 170 Å². The Hall–Kier alpha value is -7.23. The molecule has 0 saturated heterocycles. The van der Waals surface area contributed by atoms with Crippen LogP contribution in [0.2, 0.25) is 0 Å². The van der Waals surface area contributed by atoms with Crippen LogP contribution in [0.3, 0.4) is 0 Å². The molecule has 1 heterocycles. The van der Waals surface area contributed by atoms with Gasteiger partial charge in [-0.05, 0) is 89.0 Å². The van der Waals surface area contributed by atoms with Crippen molar-refractivity contribution in [2.75, 3.05) is 0 Å². The summed E-state index contributed by atoms with van der Waals surface area (Å²) in [6.07, 6.45) is 0. The highest BCUT2D eigenvalue weighted by Crippen LogP contribution is 2.65. The maximum atomic E-state index is 5.19. The number of hydrogen-bond acceptors (Lipinski definition) is 3. The molecule has 0 N–H and O–H groups in total. The fraction of sp³-hybridized carbons (Fsp3) is 0.0192. The van der Waals surface area contributed by atoms with Crippen LogP contribution in [0, 0.1) is 0 Å². The van der Waals surface area contributed by atoms with E-state index in [1.807, 2.05) is 18.2 Å². The molecule has 1 aromatic heterocycles. The summed E-state index contributed by atoms with van der Waals surface area (Å²) in [5, 5.41) is 7.43. The molecule has 0 amide bonds. The molecule has 2 aliphatic carbocycles. The first kappa shape index (κ1) is 30.3. The first-order chi connectivity index (χ1) is 27.3. The Morgan fingerprint density at radius 2 is 0.764 bits per heavy atom. The first-order valence-corrected chi connectivity index (χ1v) is 18.9. The van der Waals surface area contributed by atoms with Gasteiger partial charge in [0.15, 0.2) is 17.5 Å². The maximum Gasteiger partial charge on any atom is 0.164 e. The number of hydrogen-bond donors (Lipinski definition) is 0. The summed E-state index contributed by atoms with van der Waals surface area (Å²) in [5.41, 5.74) is 12.8. The molecular formula is C52H31N3. The van der Waals surface area contributed by atoms with E-state index >= 15 is 0 Å². The van der Waals surface area contributed by atoms with Crippen molar-refractivity contribution in [2.24, 2.45) is 0 Å². The van der Waals surface area contributed by atoms with Gasteiger partial charge in [-0.25, -0.2) is 15.0 Å². The molecule has 0 radical (unpaired) electrons. The molecule has 0 aliphatic heterocycles. The zero-order chi connectivity index (χ0) is 36.1. The number of nitrogens with zero attached hydrogens (tertiary/aromatic N) is 3. The van der Waals surface area contributed by atoms with Crippen molar-refractivity contribution in [2.45, 2.75) is 5.41 Å². The maximum absolute atomic E-state index is 5.19. The summed E-state index contributed by atoms with van der Waals surface area (Å²) in [5.74, 6) is 1.97. The number of rotatable bonds is 3. The van der Waals surface area contributed by atoms with Gasteiger partial charge in [-0.1, -0.05) is 176 Å². The minimum absolute atomic E-state index is 0.478. The van der Waals surface area contributed by atoms with Crippen LogP contribution < -0.4 is 0 Å². The SMILES string of the molecule is c1ccc(-c2nc(-c3ccc4c(c3)-c3ccccc3C43c4ccc5ccccc5c4-c4c3ccc3ccccc43)nc(-c3ccc4ccccc4c3)n2)cc1. The predicted octanol–water partition coefficient (Wildman–Crippen LogP) is 12.7.